The summed E-state index contributed by atoms with van der Waals surface area (Å²) in [4.78, 5) is 8.79. The molecule has 0 amide bonds. The Kier molecular flexibility index (Phi) is 4.24. The van der Waals surface area contributed by atoms with E-state index in [0.29, 0.717) is 32.3 Å². The van der Waals surface area contributed by atoms with Crippen LogP contribution in [0.3, 0.4) is 0 Å². The van der Waals surface area contributed by atoms with E-state index in [1.807, 2.05) is 13.1 Å². The van der Waals surface area contributed by atoms with Crippen LogP contribution in [0.25, 0.3) is 0 Å². The van der Waals surface area contributed by atoms with Crippen LogP contribution in [0.15, 0.2) is 6.07 Å². The number of anilines is 1. The molecule has 1 unspecified atom stereocenters. The summed E-state index contributed by atoms with van der Waals surface area (Å²) in [7, 11) is 3.46. The molecule has 1 N–H and O–H groups in total. The van der Waals surface area contributed by atoms with Crippen LogP contribution in [0.4, 0.5) is 5.82 Å². The van der Waals surface area contributed by atoms with Crippen LogP contribution in [-0.4, -0.2) is 43.9 Å². The number of nitrogens with zero attached hydrogens (tertiary/aromatic N) is 2. The van der Waals surface area contributed by atoms with Gasteiger partial charge in [-0.15, -0.1) is 0 Å². The highest BCUT2D eigenvalue weighted by atomic mass is 16.6. The quantitative estimate of drug-likeness (QED) is 0.836. The Hall–Kier alpha value is -1.24. The van der Waals surface area contributed by atoms with E-state index in [0.717, 1.165) is 11.5 Å². The Bertz CT molecular complexity index is 367. The Morgan fingerprint density at radius 2 is 2.35 bits per heavy atom. The van der Waals surface area contributed by atoms with Gasteiger partial charge in [-0.1, -0.05) is 0 Å². The molecule has 1 atom stereocenters. The molecule has 6 heteroatoms. The molecule has 1 aromatic heterocycles. The Morgan fingerprint density at radius 3 is 3.00 bits per heavy atom. The van der Waals surface area contributed by atoms with Crippen LogP contribution >= 0.6 is 0 Å². The molecule has 17 heavy (non-hydrogen) atoms. The highest BCUT2D eigenvalue weighted by Crippen LogP contribution is 2.19. The van der Waals surface area contributed by atoms with Crippen molar-refractivity contribution in [3.63, 3.8) is 0 Å². The fraction of sp³-hybridized carbons (Fsp3) is 0.636. The third-order valence-corrected chi connectivity index (χ3v) is 2.45. The smallest absolute Gasteiger partial charge is 0.162 e. The Balaban J connectivity index is 2.21. The van der Waals surface area contributed by atoms with Crippen molar-refractivity contribution in [2.45, 2.75) is 12.7 Å². The lowest BCUT2D eigenvalue weighted by Crippen LogP contribution is -2.24. The van der Waals surface area contributed by atoms with E-state index in [9.17, 15) is 0 Å². The maximum atomic E-state index is 5.58. The lowest BCUT2D eigenvalue weighted by molar-refractivity contribution is -0.0936. The first-order chi connectivity index (χ1) is 8.33. The molecule has 0 bridgehead atoms. The van der Waals surface area contributed by atoms with Crippen molar-refractivity contribution in [1.82, 2.24) is 9.97 Å². The van der Waals surface area contributed by atoms with E-state index in [1.165, 1.54) is 0 Å². The molecule has 1 saturated heterocycles. The van der Waals surface area contributed by atoms with E-state index >= 15 is 0 Å². The third kappa shape index (κ3) is 3.12. The summed E-state index contributed by atoms with van der Waals surface area (Å²) >= 11 is 0. The van der Waals surface area contributed by atoms with Gasteiger partial charge in [0, 0.05) is 20.2 Å². The van der Waals surface area contributed by atoms with Gasteiger partial charge in [0.25, 0.3) is 0 Å². The van der Waals surface area contributed by atoms with Gasteiger partial charge in [-0.05, 0) is 0 Å². The number of ether oxygens (including phenoxy) is 3. The fourth-order valence-corrected chi connectivity index (χ4v) is 1.65. The molecule has 1 fully saturated rings. The molecule has 0 aliphatic carbocycles. The molecular weight excluding hydrogens is 222 g/mol. The number of methoxy groups -OCH3 is 1. The topological polar surface area (TPSA) is 65.5 Å². The van der Waals surface area contributed by atoms with Gasteiger partial charge in [0.2, 0.25) is 0 Å². The van der Waals surface area contributed by atoms with Crippen LogP contribution in [0, 0.1) is 0 Å². The predicted octanol–water partition coefficient (Wildman–Crippen LogP) is 0.753. The van der Waals surface area contributed by atoms with Crippen LogP contribution in [-0.2, 0) is 20.8 Å². The van der Waals surface area contributed by atoms with E-state index in [4.69, 9.17) is 14.2 Å². The van der Waals surface area contributed by atoms with Gasteiger partial charge >= 0.3 is 0 Å². The van der Waals surface area contributed by atoms with Crippen LogP contribution in [0.2, 0.25) is 0 Å². The van der Waals surface area contributed by atoms with Gasteiger partial charge in [0.1, 0.15) is 11.9 Å². The first-order valence-electron chi connectivity index (χ1n) is 5.57. The average molecular weight is 239 g/mol. The number of rotatable bonds is 4. The minimum Gasteiger partial charge on any atom is -0.378 e. The van der Waals surface area contributed by atoms with Crippen molar-refractivity contribution in [3.05, 3.63) is 17.6 Å². The van der Waals surface area contributed by atoms with Crippen molar-refractivity contribution in [2.75, 3.05) is 39.3 Å². The van der Waals surface area contributed by atoms with Crippen molar-refractivity contribution in [1.29, 1.82) is 0 Å². The van der Waals surface area contributed by atoms with Gasteiger partial charge in [-0.2, -0.15) is 0 Å². The molecule has 1 aliphatic rings. The summed E-state index contributed by atoms with van der Waals surface area (Å²) in [6.07, 6.45) is -0.187. The lowest BCUT2D eigenvalue weighted by atomic mass is 10.3. The Morgan fingerprint density at radius 1 is 1.47 bits per heavy atom. The molecule has 1 aromatic rings. The van der Waals surface area contributed by atoms with Crippen molar-refractivity contribution < 1.29 is 14.2 Å². The fourth-order valence-electron chi connectivity index (χ4n) is 1.65. The summed E-state index contributed by atoms with van der Waals surface area (Å²) in [6.45, 7) is 2.17. The molecular formula is C11H17N3O3. The minimum atomic E-state index is -0.187. The number of hydrogen-bond donors (Lipinski definition) is 1. The van der Waals surface area contributed by atoms with E-state index in [2.05, 4.69) is 15.3 Å². The molecule has 2 rings (SSSR count). The Labute approximate surface area is 100 Å². The first kappa shape index (κ1) is 12.2. The standard InChI is InChI=1S/C11H17N3O3/c1-12-10-5-8(6-15-2)13-11(14-10)9-7-16-3-4-17-9/h5,9H,3-4,6-7H2,1-2H3,(H,12,13,14). The summed E-state index contributed by atoms with van der Waals surface area (Å²) in [5.74, 6) is 1.40. The van der Waals surface area contributed by atoms with Crippen molar-refractivity contribution >= 4 is 5.82 Å². The monoisotopic (exact) mass is 239 g/mol. The van der Waals surface area contributed by atoms with Gasteiger partial charge in [0.05, 0.1) is 32.1 Å². The van der Waals surface area contributed by atoms with Gasteiger partial charge < -0.3 is 19.5 Å². The second-order valence-electron chi connectivity index (χ2n) is 3.72. The van der Waals surface area contributed by atoms with Crippen LogP contribution in [0.5, 0.6) is 0 Å². The zero-order valence-corrected chi connectivity index (χ0v) is 10.1. The number of nitrogens with one attached hydrogen (secondary N) is 1. The van der Waals surface area contributed by atoms with E-state index < -0.39 is 0 Å². The molecule has 94 valence electrons. The normalized spacial score (nSPS) is 20.2. The molecule has 0 aromatic carbocycles. The lowest BCUT2D eigenvalue weighted by Gasteiger charge is -2.22. The highest BCUT2D eigenvalue weighted by molar-refractivity contribution is 5.35. The summed E-state index contributed by atoms with van der Waals surface area (Å²) in [5.41, 5.74) is 0.830. The minimum absolute atomic E-state index is 0.187. The molecule has 1 aliphatic heterocycles. The first-order valence-corrected chi connectivity index (χ1v) is 5.57. The highest BCUT2D eigenvalue weighted by Gasteiger charge is 2.20. The number of aromatic nitrogens is 2. The predicted molar refractivity (Wildman–Crippen MR) is 61.8 cm³/mol. The maximum absolute atomic E-state index is 5.58. The molecule has 6 nitrogen and oxygen atoms in total. The van der Waals surface area contributed by atoms with Crippen molar-refractivity contribution in [3.8, 4) is 0 Å². The maximum Gasteiger partial charge on any atom is 0.162 e. The second kappa shape index (κ2) is 5.90. The molecule has 0 saturated carbocycles. The van der Waals surface area contributed by atoms with E-state index in [1.54, 1.807) is 7.11 Å². The average Bonchev–Trinajstić information content (AvgIpc) is 2.40. The van der Waals surface area contributed by atoms with E-state index in [-0.39, 0.29) is 6.10 Å². The summed E-state index contributed by atoms with van der Waals surface area (Å²) in [6, 6.07) is 1.86. The second-order valence-corrected chi connectivity index (χ2v) is 3.72. The van der Waals surface area contributed by atoms with Crippen molar-refractivity contribution in [2.24, 2.45) is 0 Å². The number of hydrogen-bond acceptors (Lipinski definition) is 6. The molecule has 2 heterocycles. The molecule has 0 radical (unpaired) electrons. The third-order valence-electron chi connectivity index (χ3n) is 2.45. The van der Waals surface area contributed by atoms with Gasteiger partial charge in [0.15, 0.2) is 5.82 Å². The van der Waals surface area contributed by atoms with Crippen LogP contribution in [0.1, 0.15) is 17.6 Å². The largest absolute Gasteiger partial charge is 0.378 e. The van der Waals surface area contributed by atoms with Crippen LogP contribution < -0.4 is 5.32 Å². The summed E-state index contributed by atoms with van der Waals surface area (Å²) < 4.78 is 16.0. The zero-order chi connectivity index (χ0) is 12.1. The van der Waals surface area contributed by atoms with Gasteiger partial charge in [-0.3, -0.25) is 0 Å². The zero-order valence-electron chi connectivity index (χ0n) is 10.1. The molecule has 0 spiro atoms. The summed E-state index contributed by atoms with van der Waals surface area (Å²) in [5, 5.41) is 3.00. The SMILES string of the molecule is CNc1cc(COC)nc(C2COCCO2)n1. The van der Waals surface area contributed by atoms with Gasteiger partial charge in [-0.25, -0.2) is 9.97 Å².